The van der Waals surface area contributed by atoms with Crippen LogP contribution in [0.4, 0.5) is 0 Å². The predicted octanol–water partition coefficient (Wildman–Crippen LogP) is 0.0629. The molecule has 0 radical (unpaired) electrons. The quantitative estimate of drug-likeness (QED) is 0.804. The molecular weight excluding hydrogens is 280 g/mol. The summed E-state index contributed by atoms with van der Waals surface area (Å²) in [7, 11) is 2.01. The van der Waals surface area contributed by atoms with Gasteiger partial charge in [0.1, 0.15) is 5.82 Å². The number of hydrogen-bond donors (Lipinski definition) is 1. The van der Waals surface area contributed by atoms with E-state index >= 15 is 0 Å². The molecule has 0 amide bonds. The van der Waals surface area contributed by atoms with E-state index in [-0.39, 0.29) is 17.9 Å². The van der Waals surface area contributed by atoms with Crippen LogP contribution in [0.3, 0.4) is 0 Å². The Bertz CT molecular complexity index is 515. The summed E-state index contributed by atoms with van der Waals surface area (Å²) in [6.07, 6.45) is 3.89. The third-order valence-corrected chi connectivity index (χ3v) is 5.36. The van der Waals surface area contributed by atoms with Crippen molar-refractivity contribution in [3.05, 3.63) is 18.2 Å². The lowest BCUT2D eigenvalue weighted by Crippen LogP contribution is -2.37. The third-order valence-electron chi connectivity index (χ3n) is 3.54. The number of rotatable bonds is 6. The maximum absolute atomic E-state index is 12.5. The zero-order valence-corrected chi connectivity index (χ0v) is 12.9. The first-order chi connectivity index (χ1) is 9.44. The molecule has 1 aliphatic heterocycles. The third kappa shape index (κ3) is 3.38. The highest BCUT2D eigenvalue weighted by Crippen LogP contribution is 2.33. The minimum absolute atomic E-state index is 0.0840. The van der Waals surface area contributed by atoms with E-state index in [4.69, 9.17) is 4.74 Å². The van der Waals surface area contributed by atoms with Gasteiger partial charge in [-0.25, -0.2) is 13.4 Å². The zero-order chi connectivity index (χ0) is 14.8. The van der Waals surface area contributed by atoms with Gasteiger partial charge >= 0.3 is 0 Å². The molecule has 0 aliphatic carbocycles. The Morgan fingerprint density at radius 3 is 2.85 bits per heavy atom. The highest BCUT2D eigenvalue weighted by molar-refractivity contribution is 7.89. The number of hydrogen-bond acceptors (Lipinski definition) is 5. The highest BCUT2D eigenvalue weighted by atomic mass is 32.2. The van der Waals surface area contributed by atoms with Gasteiger partial charge < -0.3 is 14.6 Å². The van der Waals surface area contributed by atoms with Crippen LogP contribution >= 0.6 is 0 Å². The van der Waals surface area contributed by atoms with E-state index in [0.717, 1.165) is 0 Å². The number of nitrogens with one attached hydrogen (secondary N) is 1. The van der Waals surface area contributed by atoms with Gasteiger partial charge in [-0.2, -0.15) is 4.31 Å². The van der Waals surface area contributed by atoms with Crippen LogP contribution in [0.25, 0.3) is 0 Å². The second kappa shape index (κ2) is 6.21. The van der Waals surface area contributed by atoms with Crippen molar-refractivity contribution in [2.24, 2.45) is 0 Å². The van der Waals surface area contributed by atoms with Gasteiger partial charge in [0.15, 0.2) is 0 Å². The molecular formula is C12H22N4O3S. The lowest BCUT2D eigenvalue weighted by atomic mass is 10.2. The van der Waals surface area contributed by atoms with Crippen molar-refractivity contribution in [1.29, 1.82) is 0 Å². The molecule has 2 atom stereocenters. The fourth-order valence-corrected chi connectivity index (χ4v) is 4.17. The van der Waals surface area contributed by atoms with Gasteiger partial charge in [-0.1, -0.05) is 0 Å². The summed E-state index contributed by atoms with van der Waals surface area (Å²) in [5, 5.41) is 0. The number of imidazole rings is 1. The predicted molar refractivity (Wildman–Crippen MR) is 75.8 cm³/mol. The Balaban J connectivity index is 2.18. The zero-order valence-electron chi connectivity index (χ0n) is 12.1. The summed E-state index contributed by atoms with van der Waals surface area (Å²) in [6, 6.07) is -0.262. The average molecular weight is 302 g/mol. The molecule has 8 heteroatoms. The van der Waals surface area contributed by atoms with E-state index < -0.39 is 10.0 Å². The molecule has 1 aromatic rings. The molecule has 1 unspecified atom stereocenters. The molecule has 1 N–H and O–H groups in total. The number of nitrogens with zero attached hydrogens (tertiary/aromatic N) is 3. The molecule has 0 bridgehead atoms. The molecule has 7 nitrogen and oxygen atoms in total. The summed E-state index contributed by atoms with van der Waals surface area (Å²) >= 11 is 0. The van der Waals surface area contributed by atoms with Crippen molar-refractivity contribution < 1.29 is 13.2 Å². The Morgan fingerprint density at radius 1 is 1.55 bits per heavy atom. The lowest BCUT2D eigenvalue weighted by molar-refractivity contribution is 0.114. The number of methoxy groups -OCH3 is 1. The van der Waals surface area contributed by atoms with E-state index in [2.05, 4.69) is 9.97 Å². The van der Waals surface area contributed by atoms with Crippen molar-refractivity contribution in [2.75, 3.05) is 40.0 Å². The summed E-state index contributed by atoms with van der Waals surface area (Å²) in [6.45, 7) is 0.888. The minimum atomic E-state index is -3.32. The van der Waals surface area contributed by atoms with Gasteiger partial charge in [-0.05, 0) is 20.5 Å². The molecule has 1 saturated heterocycles. The summed E-state index contributed by atoms with van der Waals surface area (Å²) in [5.41, 5.74) is 0. The van der Waals surface area contributed by atoms with Crippen molar-refractivity contribution in [3.8, 4) is 0 Å². The van der Waals surface area contributed by atoms with Crippen LogP contribution < -0.4 is 0 Å². The average Bonchev–Trinajstić information content (AvgIpc) is 3.04. The molecule has 0 saturated carbocycles. The van der Waals surface area contributed by atoms with E-state index in [9.17, 15) is 8.42 Å². The van der Waals surface area contributed by atoms with Crippen LogP contribution in [0.2, 0.25) is 0 Å². The van der Waals surface area contributed by atoms with Gasteiger partial charge in [0.2, 0.25) is 10.0 Å². The number of aromatic amines is 1. The van der Waals surface area contributed by atoms with E-state index in [1.165, 1.54) is 4.31 Å². The maximum Gasteiger partial charge on any atom is 0.216 e. The van der Waals surface area contributed by atoms with Gasteiger partial charge in [-0.3, -0.25) is 0 Å². The van der Waals surface area contributed by atoms with Crippen LogP contribution in [0, 0.1) is 0 Å². The Hall–Kier alpha value is -0.960. The molecule has 0 spiro atoms. The van der Waals surface area contributed by atoms with E-state index in [0.29, 0.717) is 25.3 Å². The van der Waals surface area contributed by atoms with Gasteiger partial charge in [0.25, 0.3) is 0 Å². The van der Waals surface area contributed by atoms with Crippen molar-refractivity contribution in [1.82, 2.24) is 19.2 Å². The summed E-state index contributed by atoms with van der Waals surface area (Å²) < 4.78 is 31.9. The van der Waals surface area contributed by atoms with Crippen LogP contribution in [0.1, 0.15) is 18.3 Å². The molecule has 1 aliphatic rings. The number of H-pyrrole nitrogens is 1. The Labute approximate surface area is 120 Å². The summed E-state index contributed by atoms with van der Waals surface area (Å²) in [5.74, 6) is 0.783. The first-order valence-corrected chi connectivity index (χ1v) is 8.21. The number of ether oxygens (including phenoxy) is 1. The van der Waals surface area contributed by atoms with Gasteiger partial charge in [0.05, 0.1) is 17.9 Å². The van der Waals surface area contributed by atoms with Crippen molar-refractivity contribution >= 4 is 10.0 Å². The maximum atomic E-state index is 12.5. The topological polar surface area (TPSA) is 78.5 Å². The molecule has 2 rings (SSSR count). The Morgan fingerprint density at radius 2 is 2.30 bits per heavy atom. The van der Waals surface area contributed by atoms with Crippen LogP contribution in [0.5, 0.6) is 0 Å². The Kier molecular flexibility index (Phi) is 4.79. The monoisotopic (exact) mass is 302 g/mol. The van der Waals surface area contributed by atoms with Crippen molar-refractivity contribution in [2.45, 2.75) is 18.6 Å². The first-order valence-electron chi connectivity index (χ1n) is 6.60. The minimum Gasteiger partial charge on any atom is -0.380 e. The molecule has 0 aromatic carbocycles. The van der Waals surface area contributed by atoms with Gasteiger partial charge in [0, 0.05) is 32.6 Å². The second-order valence-electron chi connectivity index (χ2n) is 5.27. The van der Waals surface area contributed by atoms with E-state index in [1.807, 2.05) is 19.0 Å². The molecule has 1 fully saturated rings. The molecule has 20 heavy (non-hydrogen) atoms. The summed E-state index contributed by atoms with van der Waals surface area (Å²) in [4.78, 5) is 9.07. The fraction of sp³-hybridized carbons (Fsp3) is 0.750. The molecule has 1 aromatic heterocycles. The number of sulfonamides is 1. The van der Waals surface area contributed by atoms with Crippen LogP contribution in [-0.2, 0) is 14.8 Å². The second-order valence-corrected chi connectivity index (χ2v) is 7.31. The van der Waals surface area contributed by atoms with Gasteiger partial charge in [-0.15, -0.1) is 0 Å². The van der Waals surface area contributed by atoms with Crippen molar-refractivity contribution in [3.63, 3.8) is 0 Å². The van der Waals surface area contributed by atoms with Crippen LogP contribution in [-0.4, -0.2) is 73.7 Å². The number of aromatic nitrogens is 2. The molecule has 2 heterocycles. The lowest BCUT2D eigenvalue weighted by Gasteiger charge is -2.23. The normalized spacial score (nSPS) is 24.6. The largest absolute Gasteiger partial charge is 0.380 e. The SMILES string of the molecule is CO[C@@H]1CC(c2ncc[nH]2)N(S(=O)(=O)CCN(C)C)C1. The standard InChI is InChI=1S/C12H22N4O3S/c1-15(2)6-7-20(17,18)16-9-10(19-3)8-11(16)12-13-4-5-14-12/h4-5,10-11H,6-9H2,1-3H3,(H,13,14)/t10-,11?/m1/s1. The van der Waals surface area contributed by atoms with Crippen LogP contribution in [0.15, 0.2) is 12.4 Å². The van der Waals surface area contributed by atoms with E-state index in [1.54, 1.807) is 19.5 Å². The fourth-order valence-electron chi connectivity index (χ4n) is 2.37. The highest BCUT2D eigenvalue weighted by Gasteiger charge is 2.41. The first kappa shape index (κ1) is 15.4. The molecule has 114 valence electrons. The smallest absolute Gasteiger partial charge is 0.216 e.